The third-order valence-corrected chi connectivity index (χ3v) is 13.6. The number of rotatable bonds is 12. The summed E-state index contributed by atoms with van der Waals surface area (Å²) in [5, 5.41) is 36.1. The van der Waals surface area contributed by atoms with Gasteiger partial charge < -0.3 is 41.0 Å². The number of carbonyl (C=O) groups excluding carboxylic acids is 1. The van der Waals surface area contributed by atoms with E-state index in [9.17, 15) is 15.0 Å². The van der Waals surface area contributed by atoms with E-state index in [4.69, 9.17) is 26.0 Å². The summed E-state index contributed by atoms with van der Waals surface area (Å²) < 4.78 is 20.0. The maximum Gasteiger partial charge on any atom is 0.210 e. The van der Waals surface area contributed by atoms with E-state index in [0.29, 0.717) is 71.0 Å². The van der Waals surface area contributed by atoms with Crippen molar-refractivity contribution in [3.63, 3.8) is 0 Å². The van der Waals surface area contributed by atoms with Gasteiger partial charge in [0.2, 0.25) is 5.95 Å². The number of anilines is 4. The van der Waals surface area contributed by atoms with E-state index in [2.05, 4.69) is 110 Å². The Bertz CT molecular complexity index is 2990. The summed E-state index contributed by atoms with van der Waals surface area (Å²) in [7, 11) is 1.91. The predicted octanol–water partition coefficient (Wildman–Crippen LogP) is 9.36. The van der Waals surface area contributed by atoms with Gasteiger partial charge in [-0.2, -0.15) is 20.3 Å². The topological polar surface area (TPSA) is 237 Å². The van der Waals surface area contributed by atoms with Crippen molar-refractivity contribution in [3.8, 4) is 11.5 Å². The molecule has 3 saturated carbocycles. The molecule has 6 heterocycles. The van der Waals surface area contributed by atoms with Crippen LogP contribution in [0.5, 0.6) is 11.5 Å². The van der Waals surface area contributed by atoms with Gasteiger partial charge in [-0.05, 0) is 57.1 Å². The van der Waals surface area contributed by atoms with Crippen LogP contribution in [0.2, 0.25) is 0 Å². The van der Waals surface area contributed by atoms with Gasteiger partial charge in [0.1, 0.15) is 28.9 Å². The molecule has 6 aromatic heterocycles. The molecule has 0 amide bonds. The van der Waals surface area contributed by atoms with Crippen molar-refractivity contribution >= 4 is 40.3 Å². The lowest BCUT2D eigenvalue weighted by molar-refractivity contribution is -0.116. The van der Waals surface area contributed by atoms with Gasteiger partial charge in [0.25, 0.3) is 0 Å². The zero-order valence-corrected chi connectivity index (χ0v) is 44.4. The average Bonchev–Trinajstić information content (AvgIpc) is 4.06. The number of nitrogens with zero attached hydrogens (tertiary/aromatic N) is 10. The number of aromatic nitrogens is 10. The smallest absolute Gasteiger partial charge is 0.210 e. The third kappa shape index (κ3) is 12.8. The van der Waals surface area contributed by atoms with E-state index in [0.717, 1.165) is 55.4 Å². The normalized spacial score (nSPS) is 20.7. The van der Waals surface area contributed by atoms with Crippen LogP contribution in [0, 0.1) is 0 Å². The predicted molar refractivity (Wildman–Crippen MR) is 284 cm³/mol. The molecule has 0 radical (unpaired) electrons. The van der Waals surface area contributed by atoms with E-state index >= 15 is 0 Å². The monoisotopic (exact) mass is 998 g/mol. The number of Topliss-reactive ketones (excluding diaryl/α,β-unsaturated/α-hetero) is 1. The number of aryl methyl sites for hydroxylation is 1. The van der Waals surface area contributed by atoms with E-state index in [1.807, 2.05) is 63.4 Å². The summed E-state index contributed by atoms with van der Waals surface area (Å²) in [6.07, 6.45) is 8.48. The number of pyridine rings is 2. The standard InChI is InChI=1S/C26H31N7O3.C18H25N3O.C11H19N3O/c1-15(34)8-16-9-19(6-7-27-16)36-20-12-21-24(28-14-20)30-25(32(21)5)29-23-13-22(26(2,3)4)33(31-23)17-10-18(35)11-17;1-18(2,3)16-11-17(19)20-21(16)14-9-15(10-14)22-12-13-7-5-4-6-8-13;1-11(2,3)9-6-10(12)13-14(9)7-4-8(15)5-7/h6-7,9,12-14,17-18,35H,8,10-11H2,1-5H3,(H,28,29,30,31);4-8,11,14-15H,9-10,12H2,1-3H3,(H2,19,20);6-8,15H,4-5H2,1-3H3,(H2,12,13). The highest BCUT2D eigenvalue weighted by Gasteiger charge is 2.37. The largest absolute Gasteiger partial charge is 0.456 e. The van der Waals surface area contributed by atoms with Crippen LogP contribution >= 0.6 is 0 Å². The Morgan fingerprint density at radius 2 is 1.23 bits per heavy atom. The van der Waals surface area contributed by atoms with Crippen molar-refractivity contribution in [2.45, 2.75) is 173 Å². The highest BCUT2D eigenvalue weighted by molar-refractivity contribution is 5.78. The minimum absolute atomic E-state index is 0.0439. The summed E-state index contributed by atoms with van der Waals surface area (Å²) in [5.74, 6) is 3.68. The number of ketones is 1. The molecule has 3 fully saturated rings. The van der Waals surface area contributed by atoms with Gasteiger partial charge in [-0.25, -0.2) is 4.98 Å². The summed E-state index contributed by atoms with van der Waals surface area (Å²) in [5.41, 5.74) is 18.4. The molecular formula is C55H75N13O5. The van der Waals surface area contributed by atoms with Gasteiger partial charge >= 0.3 is 0 Å². The lowest BCUT2D eigenvalue weighted by Gasteiger charge is -2.37. The van der Waals surface area contributed by atoms with E-state index in [-0.39, 0.29) is 46.7 Å². The molecule has 3 aliphatic rings. The highest BCUT2D eigenvalue weighted by Crippen LogP contribution is 2.40. The Morgan fingerprint density at radius 3 is 1.77 bits per heavy atom. The number of aliphatic hydroxyl groups is 2. The zero-order chi connectivity index (χ0) is 52.6. The molecule has 1 aromatic carbocycles. The van der Waals surface area contributed by atoms with Crippen LogP contribution < -0.4 is 21.5 Å². The van der Waals surface area contributed by atoms with Crippen molar-refractivity contribution < 1.29 is 24.5 Å². The number of benzene rings is 1. The summed E-state index contributed by atoms with van der Waals surface area (Å²) in [4.78, 5) is 24.7. The molecule has 7 N–H and O–H groups in total. The Morgan fingerprint density at radius 1 is 0.699 bits per heavy atom. The summed E-state index contributed by atoms with van der Waals surface area (Å²) >= 11 is 0. The fourth-order valence-corrected chi connectivity index (χ4v) is 9.32. The van der Waals surface area contributed by atoms with E-state index < -0.39 is 0 Å². The Hall–Kier alpha value is -6.63. The van der Waals surface area contributed by atoms with E-state index in [1.165, 1.54) is 18.2 Å². The minimum atomic E-state index is -0.251. The number of aliphatic hydroxyl groups excluding tert-OH is 2. The number of nitrogens with two attached hydrogens (primary N) is 2. The first-order chi connectivity index (χ1) is 34.4. The molecule has 0 spiro atoms. The van der Waals surface area contributed by atoms with Crippen LogP contribution in [-0.4, -0.2) is 83.2 Å². The zero-order valence-electron chi connectivity index (χ0n) is 44.4. The van der Waals surface area contributed by atoms with Crippen molar-refractivity contribution in [2.75, 3.05) is 16.8 Å². The summed E-state index contributed by atoms with van der Waals surface area (Å²) in [6, 6.07) is 22.6. The number of nitrogen functional groups attached to an aromatic ring is 2. The van der Waals surface area contributed by atoms with Crippen LogP contribution in [0.15, 0.2) is 79.1 Å². The first-order valence-corrected chi connectivity index (χ1v) is 25.4. The van der Waals surface area contributed by atoms with Gasteiger partial charge in [0.15, 0.2) is 11.5 Å². The Kier molecular flexibility index (Phi) is 15.2. The molecule has 390 valence electrons. The fourth-order valence-electron chi connectivity index (χ4n) is 9.32. The number of hydrogen-bond acceptors (Lipinski definition) is 14. The van der Waals surface area contributed by atoms with Gasteiger partial charge in [-0.1, -0.05) is 92.6 Å². The maximum atomic E-state index is 11.4. The molecule has 18 nitrogen and oxygen atoms in total. The average molecular weight is 998 g/mol. The number of ether oxygens (including phenoxy) is 2. The van der Waals surface area contributed by atoms with Crippen LogP contribution in [0.1, 0.15) is 154 Å². The van der Waals surface area contributed by atoms with Gasteiger partial charge in [-0.15, -0.1) is 0 Å². The number of carbonyl (C=O) groups is 1. The van der Waals surface area contributed by atoms with Crippen LogP contribution in [0.4, 0.5) is 23.4 Å². The maximum absolute atomic E-state index is 11.4. The quantitative estimate of drug-likeness (QED) is 0.0767. The second-order valence-corrected chi connectivity index (χ2v) is 23.1. The van der Waals surface area contributed by atoms with E-state index in [1.54, 1.807) is 24.5 Å². The van der Waals surface area contributed by atoms with Gasteiger partial charge in [0.05, 0.1) is 60.5 Å². The molecule has 18 heteroatoms. The molecule has 7 aromatic rings. The SMILES string of the molecule is CC(=O)Cc1cc(Oc2cnc3nc(Nc4cc(C(C)(C)C)n(C5CC(O)C5)n4)n(C)c3c2)ccn1.CC(C)(C)c1cc(N)nn1C1CC(O)C1.CC(C)(C)c1cc(N)nn1C1CC(OCc2ccccc2)C1. The molecule has 73 heavy (non-hydrogen) atoms. The molecule has 0 saturated heterocycles. The lowest BCUT2D eigenvalue weighted by atomic mass is 9.86. The second-order valence-electron chi connectivity index (χ2n) is 23.1. The Labute approximate surface area is 428 Å². The van der Waals surface area contributed by atoms with Crippen LogP contribution in [0.25, 0.3) is 11.2 Å². The number of hydrogen-bond donors (Lipinski definition) is 5. The van der Waals surface area contributed by atoms with Gasteiger partial charge in [0, 0.05) is 83.3 Å². The van der Waals surface area contributed by atoms with Crippen molar-refractivity contribution in [1.29, 1.82) is 0 Å². The Balaban J connectivity index is 0.000000162. The molecule has 3 aliphatic carbocycles. The molecule has 0 unspecified atom stereocenters. The van der Waals surface area contributed by atoms with Crippen molar-refractivity contribution in [2.24, 2.45) is 7.05 Å². The third-order valence-electron chi connectivity index (χ3n) is 13.6. The minimum Gasteiger partial charge on any atom is -0.456 e. The first-order valence-electron chi connectivity index (χ1n) is 25.4. The lowest BCUT2D eigenvalue weighted by Crippen LogP contribution is -2.36. The molecule has 0 atom stereocenters. The van der Waals surface area contributed by atoms with Crippen molar-refractivity contribution in [3.05, 3.63) is 107 Å². The van der Waals surface area contributed by atoms with Crippen LogP contribution in [0.3, 0.4) is 0 Å². The van der Waals surface area contributed by atoms with Gasteiger partial charge in [-0.3, -0.25) is 23.8 Å². The first kappa shape index (κ1) is 52.7. The summed E-state index contributed by atoms with van der Waals surface area (Å²) in [6.45, 7) is 21.7. The second kappa shape index (κ2) is 21.1. The number of fused-ring (bicyclic) bond motifs is 1. The molecule has 0 aliphatic heterocycles. The molecular weight excluding hydrogens is 923 g/mol. The number of imidazole rings is 1. The molecule has 10 rings (SSSR count). The fraction of sp³-hybridized carbons (Fsp3) is 0.509. The van der Waals surface area contributed by atoms with Crippen molar-refractivity contribution in [1.82, 2.24) is 48.9 Å². The number of nitrogens with one attached hydrogen (secondary N) is 1. The highest BCUT2D eigenvalue weighted by atomic mass is 16.5. The van der Waals surface area contributed by atoms with Crippen LogP contribution in [-0.2, 0) is 45.9 Å². The molecule has 0 bridgehead atoms.